The van der Waals surface area contributed by atoms with Crippen LogP contribution < -0.4 is 5.32 Å². The van der Waals surface area contributed by atoms with Gasteiger partial charge < -0.3 is 10.4 Å². The second kappa shape index (κ2) is 9.54. The Morgan fingerprint density at radius 3 is 2.50 bits per heavy atom. The van der Waals surface area contributed by atoms with Gasteiger partial charge in [-0.15, -0.1) is 6.58 Å². The third-order valence-electron chi connectivity index (χ3n) is 5.99. The Kier molecular flexibility index (Phi) is 7.09. The van der Waals surface area contributed by atoms with Crippen molar-refractivity contribution in [2.24, 2.45) is 5.92 Å². The molecule has 2 aromatic carbocycles. The zero-order chi connectivity index (χ0) is 20.0. The Labute approximate surface area is 170 Å². The van der Waals surface area contributed by atoms with Crippen LogP contribution in [0.1, 0.15) is 56.6 Å². The molecule has 0 aliphatic heterocycles. The molecular formula is C26H35NO. The van der Waals surface area contributed by atoms with Crippen LogP contribution in [0.2, 0.25) is 0 Å². The molecule has 1 aliphatic rings. The maximum atomic E-state index is 10.0. The molecule has 0 saturated heterocycles. The Morgan fingerprint density at radius 1 is 1.14 bits per heavy atom. The van der Waals surface area contributed by atoms with Crippen LogP contribution in [0.5, 0.6) is 0 Å². The normalized spacial score (nSPS) is 17.1. The fourth-order valence-corrected chi connectivity index (χ4v) is 4.27. The summed E-state index contributed by atoms with van der Waals surface area (Å²) in [7, 11) is 0. The lowest BCUT2D eigenvalue weighted by Crippen LogP contribution is -2.43. The van der Waals surface area contributed by atoms with Crippen LogP contribution in [0.3, 0.4) is 0 Å². The Balaban J connectivity index is 1.78. The highest BCUT2D eigenvalue weighted by molar-refractivity contribution is 5.65. The lowest BCUT2D eigenvalue weighted by atomic mass is 9.83. The number of benzene rings is 2. The Morgan fingerprint density at radius 2 is 1.86 bits per heavy atom. The monoisotopic (exact) mass is 377 g/mol. The molecule has 150 valence electrons. The van der Waals surface area contributed by atoms with Crippen molar-refractivity contribution in [3.8, 4) is 11.1 Å². The molecule has 2 nitrogen and oxygen atoms in total. The number of aliphatic hydroxyl groups excluding tert-OH is 1. The lowest BCUT2D eigenvalue weighted by Gasteiger charge is -2.33. The first-order valence-corrected chi connectivity index (χ1v) is 10.8. The van der Waals surface area contributed by atoms with E-state index in [0.29, 0.717) is 5.92 Å². The molecule has 0 bridgehead atoms. The van der Waals surface area contributed by atoms with E-state index in [2.05, 4.69) is 80.4 Å². The summed E-state index contributed by atoms with van der Waals surface area (Å²) in [6.07, 6.45) is 8.21. The van der Waals surface area contributed by atoms with E-state index in [9.17, 15) is 5.11 Å². The van der Waals surface area contributed by atoms with E-state index >= 15 is 0 Å². The van der Waals surface area contributed by atoms with Crippen LogP contribution in [-0.4, -0.2) is 17.8 Å². The van der Waals surface area contributed by atoms with Gasteiger partial charge in [-0.1, -0.05) is 67.4 Å². The Hall–Kier alpha value is -1.90. The van der Waals surface area contributed by atoms with Gasteiger partial charge in [-0.25, -0.2) is 0 Å². The predicted molar refractivity (Wildman–Crippen MR) is 119 cm³/mol. The van der Waals surface area contributed by atoms with Crippen LogP contribution in [0.25, 0.3) is 11.1 Å². The quantitative estimate of drug-likeness (QED) is 0.373. The van der Waals surface area contributed by atoms with Crippen molar-refractivity contribution in [2.45, 2.75) is 64.0 Å². The first-order valence-electron chi connectivity index (χ1n) is 10.8. The molecule has 2 unspecified atom stereocenters. The van der Waals surface area contributed by atoms with Gasteiger partial charge >= 0.3 is 0 Å². The zero-order valence-electron chi connectivity index (χ0n) is 17.5. The van der Waals surface area contributed by atoms with Gasteiger partial charge in [0.15, 0.2) is 0 Å². The molecule has 3 rings (SSSR count). The first kappa shape index (κ1) is 20.8. The lowest BCUT2D eigenvalue weighted by molar-refractivity contribution is 0.149. The van der Waals surface area contributed by atoms with Gasteiger partial charge in [0.05, 0.1) is 11.6 Å². The highest BCUT2D eigenvalue weighted by Crippen LogP contribution is 2.47. The topological polar surface area (TPSA) is 32.3 Å². The van der Waals surface area contributed by atoms with Gasteiger partial charge in [-0.05, 0) is 74.2 Å². The third kappa shape index (κ3) is 4.92. The maximum Gasteiger partial charge on any atom is 0.0646 e. The molecule has 2 atom stereocenters. The molecule has 0 aromatic heterocycles. The molecule has 0 amide bonds. The highest BCUT2D eigenvalue weighted by atomic mass is 16.3. The minimum atomic E-state index is -0.171. The molecule has 28 heavy (non-hydrogen) atoms. The number of rotatable bonds is 11. The predicted octanol–water partition coefficient (Wildman–Crippen LogP) is 5.98. The molecule has 0 spiro atoms. The molecule has 0 heterocycles. The number of aryl methyl sites for hydroxylation is 1. The van der Waals surface area contributed by atoms with E-state index in [1.807, 2.05) is 0 Å². The summed E-state index contributed by atoms with van der Waals surface area (Å²) < 4.78 is 0. The molecule has 1 aliphatic carbocycles. The maximum absolute atomic E-state index is 10.0. The molecule has 1 fully saturated rings. The fraction of sp³-hybridized carbons (Fsp3) is 0.462. The Bertz CT molecular complexity index is 780. The van der Waals surface area contributed by atoms with Gasteiger partial charge in [-0.3, -0.25) is 0 Å². The summed E-state index contributed by atoms with van der Waals surface area (Å²) >= 11 is 0. The second-order valence-electron chi connectivity index (χ2n) is 8.31. The van der Waals surface area contributed by atoms with Crippen LogP contribution >= 0.6 is 0 Å². The smallest absolute Gasteiger partial charge is 0.0646 e. The van der Waals surface area contributed by atoms with Crippen molar-refractivity contribution in [3.63, 3.8) is 0 Å². The number of hydrogen-bond donors (Lipinski definition) is 2. The van der Waals surface area contributed by atoms with E-state index in [1.165, 1.54) is 35.1 Å². The molecule has 2 N–H and O–H groups in total. The summed E-state index contributed by atoms with van der Waals surface area (Å²) in [4.78, 5) is 0. The third-order valence-corrected chi connectivity index (χ3v) is 5.99. The zero-order valence-corrected chi connectivity index (χ0v) is 17.5. The average molecular weight is 378 g/mol. The largest absolute Gasteiger partial charge is 0.393 e. The number of hydrogen-bond acceptors (Lipinski definition) is 2. The first-order chi connectivity index (χ1) is 13.6. The SMILES string of the molecule is C=CC(NCCCC(O)CCC)(c1cccc(-c2cccc(C)c2)c1)C1CC1. The standard InChI is InChI=1S/C26H35NO/c1-4-9-25(28)14-8-17-27-26(5-2,23-15-16-23)24-13-7-12-22(19-24)21-11-6-10-20(3)18-21/h5-7,10-13,18-19,23,25,27-28H,2,4,8-9,14-17H2,1,3H3. The summed E-state index contributed by atoms with van der Waals surface area (Å²) in [5.41, 5.74) is 4.93. The molecule has 1 saturated carbocycles. The second-order valence-corrected chi connectivity index (χ2v) is 8.31. The molecule has 0 radical (unpaired) electrons. The fourth-order valence-electron chi connectivity index (χ4n) is 4.27. The van der Waals surface area contributed by atoms with E-state index < -0.39 is 0 Å². The van der Waals surface area contributed by atoms with Crippen molar-refractivity contribution in [3.05, 3.63) is 72.3 Å². The highest BCUT2D eigenvalue weighted by Gasteiger charge is 2.43. The number of nitrogens with one attached hydrogen (secondary N) is 1. The number of aliphatic hydroxyl groups is 1. The van der Waals surface area contributed by atoms with Crippen LogP contribution in [0, 0.1) is 12.8 Å². The van der Waals surface area contributed by atoms with Gasteiger partial charge in [-0.2, -0.15) is 0 Å². The van der Waals surface area contributed by atoms with Crippen molar-refractivity contribution in [2.75, 3.05) is 6.54 Å². The van der Waals surface area contributed by atoms with E-state index in [1.54, 1.807) is 0 Å². The van der Waals surface area contributed by atoms with E-state index in [0.717, 1.165) is 32.2 Å². The summed E-state index contributed by atoms with van der Waals surface area (Å²) in [5, 5.41) is 13.8. The van der Waals surface area contributed by atoms with Crippen molar-refractivity contribution >= 4 is 0 Å². The molecule has 2 heteroatoms. The van der Waals surface area contributed by atoms with Crippen molar-refractivity contribution in [1.29, 1.82) is 0 Å². The average Bonchev–Trinajstić information content (AvgIpc) is 3.54. The van der Waals surface area contributed by atoms with Crippen LogP contribution in [0.15, 0.2) is 61.2 Å². The minimum absolute atomic E-state index is 0.171. The van der Waals surface area contributed by atoms with Crippen LogP contribution in [0.4, 0.5) is 0 Å². The summed E-state index contributed by atoms with van der Waals surface area (Å²) in [5.74, 6) is 0.610. The minimum Gasteiger partial charge on any atom is -0.393 e. The summed E-state index contributed by atoms with van der Waals surface area (Å²) in [6.45, 7) is 9.38. The van der Waals surface area contributed by atoms with E-state index in [4.69, 9.17) is 0 Å². The van der Waals surface area contributed by atoms with Gasteiger partial charge in [0.2, 0.25) is 0 Å². The van der Waals surface area contributed by atoms with Gasteiger partial charge in [0.1, 0.15) is 0 Å². The van der Waals surface area contributed by atoms with Gasteiger partial charge in [0.25, 0.3) is 0 Å². The van der Waals surface area contributed by atoms with Crippen molar-refractivity contribution < 1.29 is 5.11 Å². The van der Waals surface area contributed by atoms with E-state index in [-0.39, 0.29) is 11.6 Å². The van der Waals surface area contributed by atoms with Gasteiger partial charge in [0, 0.05) is 0 Å². The molecular weight excluding hydrogens is 342 g/mol. The summed E-state index contributed by atoms with van der Waals surface area (Å²) in [6, 6.07) is 17.6. The van der Waals surface area contributed by atoms with Crippen LogP contribution in [-0.2, 0) is 5.54 Å². The molecule has 2 aromatic rings. The van der Waals surface area contributed by atoms with Crippen molar-refractivity contribution in [1.82, 2.24) is 5.32 Å².